The first-order valence-electron chi connectivity index (χ1n) is 12.6. The fourth-order valence-corrected chi connectivity index (χ4v) is 4.13. The van der Waals surface area contributed by atoms with Crippen LogP contribution in [0.1, 0.15) is 59.9 Å². The molecule has 1 saturated heterocycles. The Bertz CT molecular complexity index is 845. The molecule has 2 unspecified atom stereocenters. The van der Waals surface area contributed by atoms with Gasteiger partial charge in [-0.05, 0) is 57.6 Å². The highest BCUT2D eigenvalue weighted by Gasteiger charge is 2.39. The Balaban J connectivity index is 1.94. The first-order chi connectivity index (χ1) is 16.3. The molecule has 8 nitrogen and oxygen atoms in total. The highest BCUT2D eigenvalue weighted by molar-refractivity contribution is 5.90. The second-order valence-corrected chi connectivity index (χ2v) is 11.5. The van der Waals surface area contributed by atoms with E-state index in [0.29, 0.717) is 6.54 Å². The summed E-state index contributed by atoms with van der Waals surface area (Å²) in [7, 11) is 1.51. The summed E-state index contributed by atoms with van der Waals surface area (Å²) in [5.74, 6) is -0.457. The normalized spacial score (nSPS) is 17.1. The van der Waals surface area contributed by atoms with Crippen LogP contribution in [0.5, 0.6) is 0 Å². The van der Waals surface area contributed by atoms with Crippen LogP contribution < -0.4 is 10.6 Å². The maximum absolute atomic E-state index is 13.6. The molecule has 0 bridgehead atoms. The van der Waals surface area contributed by atoms with E-state index >= 15 is 0 Å². The molecule has 2 rings (SSSR count). The number of ether oxygens (including phenoxy) is 1. The van der Waals surface area contributed by atoms with Gasteiger partial charge in [0.2, 0.25) is 11.8 Å². The number of hydrogen-bond donors (Lipinski definition) is 2. The summed E-state index contributed by atoms with van der Waals surface area (Å²) >= 11 is 0. The first kappa shape index (κ1) is 28.6. The number of likely N-dealkylation sites (tertiary alicyclic amines) is 1. The van der Waals surface area contributed by atoms with E-state index in [1.54, 1.807) is 20.8 Å². The van der Waals surface area contributed by atoms with Crippen molar-refractivity contribution in [1.29, 1.82) is 0 Å². The fraction of sp³-hybridized carbons (Fsp3) is 0.667. The van der Waals surface area contributed by atoms with Crippen LogP contribution in [-0.2, 0) is 20.7 Å². The quantitative estimate of drug-likeness (QED) is 0.521. The van der Waals surface area contributed by atoms with E-state index < -0.39 is 23.2 Å². The average molecular weight is 489 g/mol. The molecule has 196 valence electrons. The van der Waals surface area contributed by atoms with E-state index in [-0.39, 0.29) is 24.4 Å². The van der Waals surface area contributed by atoms with Crippen LogP contribution in [0.3, 0.4) is 0 Å². The first-order valence-corrected chi connectivity index (χ1v) is 12.6. The molecule has 1 heterocycles. The predicted octanol–water partition coefficient (Wildman–Crippen LogP) is 3.21. The monoisotopic (exact) mass is 488 g/mol. The standard InChI is InChI=1S/C27H44N4O4/c1-26(2,3)23(29-22(32)19-30(7)25(34)35-27(4,5)6)24(33)31-17-11-14-21(31)18-28-16-15-20-12-9-8-10-13-20/h8-10,12-13,21,23,28H,11,14-19H2,1-7H3,(H,29,32). The number of rotatable bonds is 9. The van der Waals surface area contributed by atoms with Crippen LogP contribution in [0.25, 0.3) is 0 Å². The minimum absolute atomic E-state index is 0.0712. The second-order valence-electron chi connectivity index (χ2n) is 11.5. The van der Waals surface area contributed by atoms with Crippen molar-refractivity contribution >= 4 is 17.9 Å². The number of carbonyl (C=O) groups is 3. The van der Waals surface area contributed by atoms with Crippen LogP contribution in [0.4, 0.5) is 4.79 Å². The molecule has 0 saturated carbocycles. The van der Waals surface area contributed by atoms with E-state index in [0.717, 1.165) is 32.4 Å². The smallest absolute Gasteiger partial charge is 0.410 e. The number of nitrogens with zero attached hydrogens (tertiary/aromatic N) is 2. The maximum atomic E-state index is 13.6. The maximum Gasteiger partial charge on any atom is 0.410 e. The number of likely N-dealkylation sites (N-methyl/N-ethyl adjacent to an activating group) is 1. The third kappa shape index (κ3) is 9.51. The molecule has 2 N–H and O–H groups in total. The van der Waals surface area contributed by atoms with Crippen molar-refractivity contribution in [2.45, 2.75) is 78.5 Å². The number of hydrogen-bond acceptors (Lipinski definition) is 5. The Morgan fingerprint density at radius 2 is 1.77 bits per heavy atom. The molecule has 3 amide bonds. The van der Waals surface area contributed by atoms with Gasteiger partial charge in [-0.2, -0.15) is 0 Å². The molecule has 1 fully saturated rings. The average Bonchev–Trinajstić information content (AvgIpc) is 3.22. The molecule has 8 heteroatoms. The van der Waals surface area contributed by atoms with E-state index in [2.05, 4.69) is 22.8 Å². The molecule has 1 aromatic carbocycles. The summed E-state index contributed by atoms with van der Waals surface area (Å²) in [5.41, 5.74) is 0.155. The summed E-state index contributed by atoms with van der Waals surface area (Å²) in [6, 6.07) is 9.74. The Morgan fingerprint density at radius 1 is 1.11 bits per heavy atom. The van der Waals surface area contributed by atoms with Gasteiger partial charge in [0, 0.05) is 26.2 Å². The SMILES string of the molecule is CN(CC(=O)NC(C(=O)N1CCCC1CNCCc1ccccc1)C(C)(C)C)C(=O)OC(C)(C)C. The molecular weight excluding hydrogens is 444 g/mol. The van der Waals surface area contributed by atoms with Crippen molar-refractivity contribution in [3.8, 4) is 0 Å². The van der Waals surface area contributed by atoms with E-state index in [1.165, 1.54) is 17.5 Å². The van der Waals surface area contributed by atoms with Crippen molar-refractivity contribution < 1.29 is 19.1 Å². The summed E-state index contributed by atoms with van der Waals surface area (Å²) in [6.45, 7) is 13.2. The van der Waals surface area contributed by atoms with Crippen LogP contribution in [0, 0.1) is 5.41 Å². The number of nitrogens with one attached hydrogen (secondary N) is 2. The molecule has 0 spiro atoms. The lowest BCUT2D eigenvalue weighted by Crippen LogP contribution is -2.58. The molecule has 1 aliphatic heterocycles. The third-order valence-electron chi connectivity index (χ3n) is 5.98. The highest BCUT2D eigenvalue weighted by atomic mass is 16.6. The minimum atomic E-state index is -0.688. The molecule has 2 atom stereocenters. The molecule has 1 aliphatic rings. The van der Waals surface area contributed by atoms with E-state index in [1.807, 2.05) is 43.9 Å². The zero-order valence-electron chi connectivity index (χ0n) is 22.5. The summed E-state index contributed by atoms with van der Waals surface area (Å²) in [6.07, 6.45) is 2.25. The van der Waals surface area contributed by atoms with Crippen molar-refractivity contribution in [3.05, 3.63) is 35.9 Å². The fourth-order valence-electron chi connectivity index (χ4n) is 4.13. The predicted molar refractivity (Wildman–Crippen MR) is 138 cm³/mol. The van der Waals surface area contributed by atoms with E-state index in [4.69, 9.17) is 4.74 Å². The topological polar surface area (TPSA) is 91.0 Å². The highest BCUT2D eigenvalue weighted by Crippen LogP contribution is 2.25. The van der Waals surface area contributed by atoms with Gasteiger partial charge in [0.1, 0.15) is 18.2 Å². The number of amides is 3. The van der Waals surface area contributed by atoms with Gasteiger partial charge in [-0.15, -0.1) is 0 Å². The lowest BCUT2D eigenvalue weighted by atomic mass is 9.85. The van der Waals surface area contributed by atoms with Gasteiger partial charge < -0.3 is 25.2 Å². The Labute approximate surface area is 210 Å². The zero-order chi connectivity index (χ0) is 26.2. The van der Waals surface area contributed by atoms with Crippen LogP contribution in [-0.4, -0.2) is 78.6 Å². The molecule has 1 aromatic rings. The van der Waals surface area contributed by atoms with Crippen LogP contribution in [0.15, 0.2) is 30.3 Å². The molecule has 0 radical (unpaired) electrons. The lowest BCUT2D eigenvalue weighted by molar-refractivity contribution is -0.140. The molecule has 0 aliphatic carbocycles. The van der Waals surface area contributed by atoms with Gasteiger partial charge in [-0.25, -0.2) is 4.79 Å². The summed E-state index contributed by atoms with van der Waals surface area (Å²) in [4.78, 5) is 41.7. The van der Waals surface area contributed by atoms with Gasteiger partial charge in [0.15, 0.2) is 0 Å². The molecule has 0 aromatic heterocycles. The largest absolute Gasteiger partial charge is 0.444 e. The van der Waals surface area contributed by atoms with Gasteiger partial charge in [-0.3, -0.25) is 9.59 Å². The van der Waals surface area contributed by atoms with Crippen molar-refractivity contribution in [1.82, 2.24) is 20.4 Å². The van der Waals surface area contributed by atoms with Crippen LogP contribution >= 0.6 is 0 Å². The third-order valence-corrected chi connectivity index (χ3v) is 5.98. The second kappa shape index (κ2) is 12.4. The lowest BCUT2D eigenvalue weighted by Gasteiger charge is -2.36. The minimum Gasteiger partial charge on any atom is -0.444 e. The van der Waals surface area contributed by atoms with Crippen molar-refractivity contribution in [2.75, 3.05) is 33.2 Å². The van der Waals surface area contributed by atoms with Gasteiger partial charge in [0.05, 0.1) is 0 Å². The summed E-state index contributed by atoms with van der Waals surface area (Å²) in [5, 5.41) is 6.39. The van der Waals surface area contributed by atoms with Gasteiger partial charge in [-0.1, -0.05) is 51.1 Å². The van der Waals surface area contributed by atoms with E-state index in [9.17, 15) is 14.4 Å². The molecule has 35 heavy (non-hydrogen) atoms. The number of carbonyl (C=O) groups excluding carboxylic acids is 3. The van der Waals surface area contributed by atoms with Crippen molar-refractivity contribution in [3.63, 3.8) is 0 Å². The number of benzene rings is 1. The van der Waals surface area contributed by atoms with Crippen molar-refractivity contribution in [2.24, 2.45) is 5.41 Å². The Hall–Kier alpha value is -2.61. The van der Waals surface area contributed by atoms with Crippen LogP contribution in [0.2, 0.25) is 0 Å². The summed E-state index contributed by atoms with van der Waals surface area (Å²) < 4.78 is 5.32. The Morgan fingerprint density at radius 3 is 2.37 bits per heavy atom. The molecular formula is C27H44N4O4. The zero-order valence-corrected chi connectivity index (χ0v) is 22.5. The Kier molecular flexibility index (Phi) is 10.1. The van der Waals surface area contributed by atoms with Gasteiger partial charge in [0.25, 0.3) is 0 Å². The van der Waals surface area contributed by atoms with Gasteiger partial charge >= 0.3 is 6.09 Å².